The van der Waals surface area contributed by atoms with E-state index in [0.29, 0.717) is 17.9 Å². The molecule has 2 aromatic rings. The molecule has 10 heteroatoms. The molecule has 8 nitrogen and oxygen atoms in total. The number of anilines is 1. The summed E-state index contributed by atoms with van der Waals surface area (Å²) < 4.78 is 32.3. The van der Waals surface area contributed by atoms with Crippen LogP contribution in [0.3, 0.4) is 0 Å². The maximum atomic E-state index is 13.3. The molecule has 0 heterocycles. The summed E-state index contributed by atoms with van der Waals surface area (Å²) in [6.45, 7) is 5.82. The van der Waals surface area contributed by atoms with Crippen LogP contribution in [-0.2, 0) is 26.2 Å². The lowest BCUT2D eigenvalue weighted by Crippen LogP contribution is -2.49. The predicted molar refractivity (Wildman–Crippen MR) is 142 cm³/mol. The fraction of sp³-hybridized carbons (Fsp3) is 0.440. The van der Waals surface area contributed by atoms with Crippen molar-refractivity contribution in [3.8, 4) is 5.75 Å². The number of halogens is 1. The van der Waals surface area contributed by atoms with Crippen molar-refractivity contribution < 1.29 is 22.7 Å². The first-order valence-corrected chi connectivity index (χ1v) is 14.0. The highest BCUT2D eigenvalue weighted by Gasteiger charge is 2.27. The first-order valence-electron chi connectivity index (χ1n) is 11.4. The predicted octanol–water partition coefficient (Wildman–Crippen LogP) is 3.95. The van der Waals surface area contributed by atoms with E-state index in [2.05, 4.69) is 21.2 Å². The van der Waals surface area contributed by atoms with Crippen LogP contribution in [-0.4, -0.2) is 57.1 Å². The molecule has 0 aliphatic carbocycles. The number of rotatable bonds is 12. The molecule has 0 fully saturated rings. The van der Waals surface area contributed by atoms with Gasteiger partial charge in [-0.1, -0.05) is 34.1 Å². The van der Waals surface area contributed by atoms with E-state index in [9.17, 15) is 18.0 Å². The third-order valence-corrected chi connectivity index (χ3v) is 7.08. The summed E-state index contributed by atoms with van der Waals surface area (Å²) in [6, 6.07) is 13.6. The molecular formula is C25H34BrN3O5S. The lowest BCUT2D eigenvalue weighted by Gasteiger charge is -2.30. The van der Waals surface area contributed by atoms with Crippen LogP contribution in [0.25, 0.3) is 0 Å². The van der Waals surface area contributed by atoms with Crippen LogP contribution in [0.4, 0.5) is 5.69 Å². The number of carbonyl (C=O) groups is 2. The Kier molecular flexibility index (Phi) is 10.6. The van der Waals surface area contributed by atoms with Crippen LogP contribution in [0.5, 0.6) is 5.75 Å². The van der Waals surface area contributed by atoms with E-state index in [1.807, 2.05) is 38.1 Å². The zero-order valence-corrected chi connectivity index (χ0v) is 23.2. The van der Waals surface area contributed by atoms with Gasteiger partial charge in [0, 0.05) is 36.1 Å². The highest BCUT2D eigenvalue weighted by Crippen LogP contribution is 2.24. The Morgan fingerprint density at radius 1 is 1.09 bits per heavy atom. The number of benzene rings is 2. The van der Waals surface area contributed by atoms with Crippen LogP contribution in [0.1, 0.15) is 39.2 Å². The van der Waals surface area contributed by atoms with Crippen molar-refractivity contribution in [2.45, 2.75) is 52.2 Å². The Labute approximate surface area is 216 Å². The molecule has 0 aliphatic heterocycles. The topological polar surface area (TPSA) is 96.0 Å². The van der Waals surface area contributed by atoms with E-state index in [0.717, 1.165) is 16.3 Å². The number of nitrogens with zero attached hydrogens (tertiary/aromatic N) is 2. The van der Waals surface area contributed by atoms with E-state index in [4.69, 9.17) is 4.74 Å². The lowest BCUT2D eigenvalue weighted by molar-refractivity contribution is -0.140. The maximum absolute atomic E-state index is 13.3. The third kappa shape index (κ3) is 8.85. The fourth-order valence-corrected chi connectivity index (χ4v) is 4.77. The highest BCUT2D eigenvalue weighted by atomic mass is 79.9. The van der Waals surface area contributed by atoms with Gasteiger partial charge in [0.1, 0.15) is 11.8 Å². The average molecular weight is 569 g/mol. The molecule has 0 saturated carbocycles. The zero-order valence-electron chi connectivity index (χ0n) is 20.8. The summed E-state index contributed by atoms with van der Waals surface area (Å²) in [4.78, 5) is 27.5. The normalized spacial score (nSPS) is 12.2. The molecule has 0 saturated heterocycles. The van der Waals surface area contributed by atoms with Gasteiger partial charge in [-0.2, -0.15) is 0 Å². The Hall–Kier alpha value is -2.59. The van der Waals surface area contributed by atoms with E-state index in [1.54, 1.807) is 31.2 Å². The van der Waals surface area contributed by atoms with Crippen LogP contribution < -0.4 is 14.4 Å². The second kappa shape index (κ2) is 12.9. The quantitative estimate of drug-likeness (QED) is 0.419. The van der Waals surface area contributed by atoms with E-state index >= 15 is 0 Å². The van der Waals surface area contributed by atoms with Gasteiger partial charge in [0.2, 0.25) is 21.8 Å². The Morgan fingerprint density at radius 3 is 2.31 bits per heavy atom. The van der Waals surface area contributed by atoms with Gasteiger partial charge in [-0.15, -0.1) is 0 Å². The Balaban J connectivity index is 2.17. The molecule has 0 bridgehead atoms. The molecule has 0 aromatic heterocycles. The van der Waals surface area contributed by atoms with E-state index in [-0.39, 0.29) is 37.4 Å². The van der Waals surface area contributed by atoms with Crippen molar-refractivity contribution in [2.75, 3.05) is 24.2 Å². The molecule has 1 N–H and O–H groups in total. The summed E-state index contributed by atoms with van der Waals surface area (Å²) >= 11 is 3.41. The number of ether oxygens (including phenoxy) is 1. The summed E-state index contributed by atoms with van der Waals surface area (Å²) in [5, 5.41) is 2.86. The monoisotopic (exact) mass is 567 g/mol. The Morgan fingerprint density at radius 2 is 1.74 bits per heavy atom. The molecule has 2 rings (SSSR count). The Bertz CT molecular complexity index is 1110. The molecule has 192 valence electrons. The van der Waals surface area contributed by atoms with E-state index in [1.165, 1.54) is 16.3 Å². The fourth-order valence-electron chi connectivity index (χ4n) is 3.54. The van der Waals surface area contributed by atoms with Gasteiger partial charge in [0.25, 0.3) is 0 Å². The SMILES string of the molecule is COc1cccc(N(CCCC(=O)N(Cc2ccc(Br)cc2)C(C)C(=O)NC(C)C)S(C)(=O)=O)c1. The molecule has 2 amide bonds. The van der Waals surface area contributed by atoms with E-state index < -0.39 is 16.1 Å². The maximum Gasteiger partial charge on any atom is 0.242 e. The number of amides is 2. The third-order valence-electron chi connectivity index (χ3n) is 5.36. The van der Waals surface area contributed by atoms with Gasteiger partial charge in [-0.25, -0.2) is 8.42 Å². The largest absolute Gasteiger partial charge is 0.497 e. The molecule has 2 aromatic carbocycles. The lowest BCUT2D eigenvalue weighted by atomic mass is 10.1. The average Bonchev–Trinajstić information content (AvgIpc) is 2.79. The molecule has 0 aliphatic rings. The first-order chi connectivity index (χ1) is 16.4. The van der Waals surface area contributed by atoms with Gasteiger partial charge in [0.05, 0.1) is 19.1 Å². The second-order valence-corrected chi connectivity index (χ2v) is 11.5. The van der Waals surface area contributed by atoms with Crippen molar-refractivity contribution in [2.24, 2.45) is 0 Å². The minimum atomic E-state index is -3.57. The molecule has 0 spiro atoms. The van der Waals surface area contributed by atoms with Crippen molar-refractivity contribution in [3.05, 3.63) is 58.6 Å². The highest BCUT2D eigenvalue weighted by molar-refractivity contribution is 9.10. The molecular weight excluding hydrogens is 534 g/mol. The van der Waals surface area contributed by atoms with Crippen molar-refractivity contribution in [1.82, 2.24) is 10.2 Å². The number of hydrogen-bond donors (Lipinski definition) is 1. The van der Waals surface area contributed by atoms with Crippen LogP contribution in [0.15, 0.2) is 53.0 Å². The molecule has 35 heavy (non-hydrogen) atoms. The van der Waals surface area contributed by atoms with Crippen molar-refractivity contribution in [3.63, 3.8) is 0 Å². The summed E-state index contributed by atoms with van der Waals surface area (Å²) in [5.74, 6) is 0.0795. The minimum Gasteiger partial charge on any atom is -0.497 e. The molecule has 0 radical (unpaired) electrons. The van der Waals surface area contributed by atoms with Gasteiger partial charge < -0.3 is 15.0 Å². The molecule has 1 atom stereocenters. The van der Waals surface area contributed by atoms with Gasteiger partial charge in [-0.05, 0) is 57.0 Å². The summed E-state index contributed by atoms with van der Waals surface area (Å²) in [6.07, 6.45) is 1.51. The summed E-state index contributed by atoms with van der Waals surface area (Å²) in [5.41, 5.74) is 1.36. The van der Waals surface area contributed by atoms with Crippen LogP contribution in [0, 0.1) is 0 Å². The van der Waals surface area contributed by atoms with Crippen molar-refractivity contribution >= 4 is 43.5 Å². The van der Waals surface area contributed by atoms with Gasteiger partial charge >= 0.3 is 0 Å². The molecule has 1 unspecified atom stereocenters. The number of nitrogens with one attached hydrogen (secondary N) is 1. The number of hydrogen-bond acceptors (Lipinski definition) is 5. The van der Waals surface area contributed by atoms with Crippen molar-refractivity contribution in [1.29, 1.82) is 0 Å². The second-order valence-electron chi connectivity index (χ2n) is 8.63. The van der Waals surface area contributed by atoms with Gasteiger partial charge in [0.15, 0.2) is 0 Å². The van der Waals surface area contributed by atoms with Gasteiger partial charge in [-0.3, -0.25) is 13.9 Å². The zero-order chi connectivity index (χ0) is 26.2. The number of methoxy groups -OCH3 is 1. The standard InChI is InChI=1S/C25H34BrN3O5S/c1-18(2)27-25(31)19(3)28(17-20-11-13-21(26)14-12-20)24(30)10-7-15-29(35(5,32)33)22-8-6-9-23(16-22)34-4/h6,8-9,11-14,16,18-19H,7,10,15,17H2,1-5H3,(H,27,31). The number of carbonyl (C=O) groups excluding carboxylic acids is 2. The number of sulfonamides is 1. The van der Waals surface area contributed by atoms with Crippen LogP contribution in [0.2, 0.25) is 0 Å². The summed E-state index contributed by atoms with van der Waals surface area (Å²) in [7, 11) is -2.06. The smallest absolute Gasteiger partial charge is 0.242 e. The van der Waals surface area contributed by atoms with Crippen LogP contribution >= 0.6 is 15.9 Å². The first kappa shape index (κ1) is 28.6. The minimum absolute atomic E-state index is 0.0548.